The minimum absolute atomic E-state index is 0.229. The van der Waals surface area contributed by atoms with Gasteiger partial charge in [-0.05, 0) is 22.0 Å². The van der Waals surface area contributed by atoms with Crippen LogP contribution in [0.25, 0.3) is 0 Å². The molecule has 0 radical (unpaired) electrons. The number of aromatic nitrogens is 2. The summed E-state index contributed by atoms with van der Waals surface area (Å²) in [4.78, 5) is 3.80. The third-order valence-electron chi connectivity index (χ3n) is 1.59. The largest absolute Gasteiger partial charge is 0.428 e. The molecule has 0 bridgehead atoms. The first-order chi connectivity index (χ1) is 7.16. The fourth-order valence-electron chi connectivity index (χ4n) is 0.934. The van der Waals surface area contributed by atoms with E-state index in [1.165, 1.54) is 18.5 Å². The predicted octanol–water partition coefficient (Wildman–Crippen LogP) is 2.81. The van der Waals surface area contributed by atoms with Crippen molar-refractivity contribution in [3.05, 3.63) is 28.7 Å². The Bertz CT molecular complexity index is 477. The predicted molar refractivity (Wildman–Crippen MR) is 58.5 cm³/mol. The van der Waals surface area contributed by atoms with Crippen LogP contribution < -0.4 is 10.5 Å². The lowest BCUT2D eigenvalue weighted by Crippen LogP contribution is -1.93. The number of benzene rings is 1. The van der Waals surface area contributed by atoms with E-state index in [0.717, 1.165) is 11.5 Å². The molecule has 1 aromatic heterocycles. The van der Waals surface area contributed by atoms with Crippen molar-refractivity contribution in [3.8, 4) is 10.9 Å². The van der Waals surface area contributed by atoms with Gasteiger partial charge in [-0.15, -0.1) is 0 Å². The molecular formula is C8H5BrFN3OS. The maximum atomic E-state index is 13.2. The standard InChI is InChI=1S/C8H5BrFN3OS/c9-4-1-6(11)7(2-5(4)10)14-8-12-3-13-15-8/h1-3H,11H2. The van der Waals surface area contributed by atoms with Crippen molar-refractivity contribution >= 4 is 33.1 Å². The van der Waals surface area contributed by atoms with Crippen molar-refractivity contribution in [1.29, 1.82) is 0 Å². The van der Waals surface area contributed by atoms with Crippen LogP contribution in [0.15, 0.2) is 22.9 Å². The van der Waals surface area contributed by atoms with Gasteiger partial charge in [0.1, 0.15) is 12.1 Å². The highest BCUT2D eigenvalue weighted by atomic mass is 79.9. The third kappa shape index (κ3) is 2.24. The molecule has 15 heavy (non-hydrogen) atoms. The smallest absolute Gasteiger partial charge is 0.298 e. The molecule has 2 rings (SSSR count). The molecule has 0 atom stereocenters. The lowest BCUT2D eigenvalue weighted by molar-refractivity contribution is 0.475. The van der Waals surface area contributed by atoms with Gasteiger partial charge in [-0.1, -0.05) is 0 Å². The number of nitrogens with two attached hydrogens (primary N) is 1. The van der Waals surface area contributed by atoms with E-state index in [9.17, 15) is 4.39 Å². The van der Waals surface area contributed by atoms with Crippen molar-refractivity contribution in [1.82, 2.24) is 9.36 Å². The van der Waals surface area contributed by atoms with Crippen molar-refractivity contribution < 1.29 is 9.13 Å². The Balaban J connectivity index is 2.33. The van der Waals surface area contributed by atoms with Crippen LogP contribution in [0, 0.1) is 5.82 Å². The van der Waals surface area contributed by atoms with Gasteiger partial charge in [-0.3, -0.25) is 0 Å². The minimum atomic E-state index is -0.441. The van der Waals surface area contributed by atoms with Crippen molar-refractivity contribution in [2.24, 2.45) is 0 Å². The summed E-state index contributed by atoms with van der Waals surface area (Å²) in [5.74, 6) is -0.212. The fourth-order valence-corrected chi connectivity index (χ4v) is 1.70. The quantitative estimate of drug-likeness (QED) is 0.864. The van der Waals surface area contributed by atoms with Crippen LogP contribution in [0.3, 0.4) is 0 Å². The van der Waals surface area contributed by atoms with Gasteiger partial charge in [-0.25, -0.2) is 4.39 Å². The summed E-state index contributed by atoms with van der Waals surface area (Å²) in [6.07, 6.45) is 1.35. The van der Waals surface area contributed by atoms with Crippen molar-refractivity contribution in [2.75, 3.05) is 5.73 Å². The van der Waals surface area contributed by atoms with Gasteiger partial charge in [0, 0.05) is 17.6 Å². The molecule has 2 aromatic rings. The average molecular weight is 290 g/mol. The van der Waals surface area contributed by atoms with Gasteiger partial charge in [0.05, 0.1) is 10.2 Å². The van der Waals surface area contributed by atoms with E-state index in [1.807, 2.05) is 0 Å². The molecule has 0 fully saturated rings. The second-order valence-electron chi connectivity index (χ2n) is 2.61. The lowest BCUT2D eigenvalue weighted by atomic mass is 10.3. The average Bonchev–Trinajstić information content (AvgIpc) is 2.67. The Labute approximate surface area is 97.2 Å². The number of nitrogens with zero attached hydrogens (tertiary/aromatic N) is 2. The highest BCUT2D eigenvalue weighted by molar-refractivity contribution is 9.10. The number of nitrogen functional groups attached to an aromatic ring is 1. The molecule has 0 aliphatic heterocycles. The second kappa shape index (κ2) is 4.11. The Morgan fingerprint density at radius 3 is 2.93 bits per heavy atom. The van der Waals surface area contributed by atoms with Crippen LogP contribution in [0.4, 0.5) is 10.1 Å². The number of hydrogen-bond donors (Lipinski definition) is 1. The van der Waals surface area contributed by atoms with E-state index < -0.39 is 5.82 Å². The van der Waals surface area contributed by atoms with Crippen LogP contribution in [-0.2, 0) is 0 Å². The van der Waals surface area contributed by atoms with Crippen LogP contribution in [0.5, 0.6) is 10.9 Å². The SMILES string of the molecule is Nc1cc(Br)c(F)cc1Oc1ncns1. The number of halogens is 2. The van der Waals surface area contributed by atoms with E-state index in [2.05, 4.69) is 25.3 Å². The molecular weight excluding hydrogens is 285 g/mol. The fraction of sp³-hybridized carbons (Fsp3) is 0. The van der Waals surface area contributed by atoms with Crippen LogP contribution in [0.1, 0.15) is 0 Å². The second-order valence-corrected chi connectivity index (χ2v) is 4.21. The summed E-state index contributed by atoms with van der Waals surface area (Å²) in [7, 11) is 0. The monoisotopic (exact) mass is 289 g/mol. The van der Waals surface area contributed by atoms with Crippen LogP contribution in [0.2, 0.25) is 0 Å². The van der Waals surface area contributed by atoms with Gasteiger partial charge in [0.2, 0.25) is 0 Å². The van der Waals surface area contributed by atoms with Gasteiger partial charge >= 0.3 is 0 Å². The summed E-state index contributed by atoms with van der Waals surface area (Å²) in [6.45, 7) is 0. The Kier molecular flexibility index (Phi) is 2.83. The first-order valence-corrected chi connectivity index (χ1v) is 5.42. The van der Waals surface area contributed by atoms with E-state index >= 15 is 0 Å². The number of ether oxygens (including phenoxy) is 1. The number of rotatable bonds is 2. The molecule has 0 amide bonds. The van der Waals surface area contributed by atoms with Gasteiger partial charge in [0.15, 0.2) is 5.75 Å². The van der Waals surface area contributed by atoms with Gasteiger partial charge < -0.3 is 10.5 Å². The van der Waals surface area contributed by atoms with Crippen molar-refractivity contribution in [2.45, 2.75) is 0 Å². The van der Waals surface area contributed by atoms with Gasteiger partial charge in [0.25, 0.3) is 5.19 Å². The molecule has 7 heteroatoms. The zero-order valence-electron chi connectivity index (χ0n) is 7.28. The van der Waals surface area contributed by atoms with Gasteiger partial charge in [-0.2, -0.15) is 9.36 Å². The molecule has 2 N–H and O–H groups in total. The zero-order chi connectivity index (χ0) is 10.8. The summed E-state index contributed by atoms with van der Waals surface area (Å²) in [5, 5.41) is 0.323. The Hall–Kier alpha value is -1.21. The Morgan fingerprint density at radius 1 is 1.47 bits per heavy atom. The highest BCUT2D eigenvalue weighted by Gasteiger charge is 2.09. The highest BCUT2D eigenvalue weighted by Crippen LogP contribution is 2.32. The molecule has 0 saturated carbocycles. The normalized spacial score (nSPS) is 10.3. The topological polar surface area (TPSA) is 61.0 Å². The molecule has 4 nitrogen and oxygen atoms in total. The molecule has 0 aliphatic carbocycles. The van der Waals surface area contributed by atoms with E-state index in [1.54, 1.807) is 0 Å². The molecule has 0 aliphatic rings. The minimum Gasteiger partial charge on any atom is -0.428 e. The molecule has 1 heterocycles. The first-order valence-electron chi connectivity index (χ1n) is 3.86. The summed E-state index contributed by atoms with van der Waals surface area (Å²) >= 11 is 4.09. The summed E-state index contributed by atoms with van der Waals surface area (Å²) in [6, 6.07) is 2.63. The molecule has 1 aromatic carbocycles. The summed E-state index contributed by atoms with van der Waals surface area (Å²) in [5.41, 5.74) is 5.97. The van der Waals surface area contributed by atoms with E-state index in [4.69, 9.17) is 10.5 Å². The number of hydrogen-bond acceptors (Lipinski definition) is 5. The third-order valence-corrected chi connectivity index (χ3v) is 2.74. The molecule has 0 saturated heterocycles. The maximum absolute atomic E-state index is 13.2. The molecule has 78 valence electrons. The van der Waals surface area contributed by atoms with Crippen LogP contribution >= 0.6 is 27.5 Å². The summed E-state index contributed by atoms with van der Waals surface area (Å²) < 4.78 is 22.5. The zero-order valence-corrected chi connectivity index (χ0v) is 9.68. The lowest BCUT2D eigenvalue weighted by Gasteiger charge is -2.05. The number of anilines is 1. The van der Waals surface area contributed by atoms with Crippen molar-refractivity contribution in [3.63, 3.8) is 0 Å². The molecule has 0 unspecified atom stereocenters. The van der Waals surface area contributed by atoms with Crippen LogP contribution in [-0.4, -0.2) is 9.36 Å². The Morgan fingerprint density at radius 2 is 2.27 bits per heavy atom. The maximum Gasteiger partial charge on any atom is 0.298 e. The van der Waals surface area contributed by atoms with E-state index in [-0.39, 0.29) is 5.75 Å². The first kappa shape index (κ1) is 10.3. The van der Waals surface area contributed by atoms with E-state index in [0.29, 0.717) is 15.4 Å². The molecule has 0 spiro atoms.